The number of alkyl halides is 1. The summed E-state index contributed by atoms with van der Waals surface area (Å²) >= 11 is 2.12. The number of ether oxygens (including phenoxy) is 1. The Balaban J connectivity index is 2.53. The zero-order chi connectivity index (χ0) is 7.72. The molecule has 1 aliphatic rings. The topological polar surface area (TPSA) is 49.7 Å². The summed E-state index contributed by atoms with van der Waals surface area (Å²) in [4.78, 5) is 0. The molecule has 5 heteroatoms. The molecule has 0 amide bonds. The van der Waals surface area contributed by atoms with Crippen LogP contribution < -0.4 is 0 Å². The van der Waals surface area contributed by atoms with Crippen molar-refractivity contribution in [2.45, 2.75) is 22.0 Å². The minimum Gasteiger partial charge on any atom is -0.394 e. The van der Waals surface area contributed by atoms with Gasteiger partial charge in [0.2, 0.25) is 0 Å². The molecule has 0 bridgehead atoms. The first-order chi connectivity index (χ1) is 4.66. The van der Waals surface area contributed by atoms with Gasteiger partial charge in [-0.1, -0.05) is 22.6 Å². The van der Waals surface area contributed by atoms with E-state index >= 15 is 0 Å². The standard InChI is InChI=1S/C5H10IO3P/c6-3-4(8)2(1-7)9-5(3)10/h2-5,7-8H,1,10H2. The molecule has 1 rings (SSSR count). The van der Waals surface area contributed by atoms with Crippen molar-refractivity contribution in [2.75, 3.05) is 6.61 Å². The summed E-state index contributed by atoms with van der Waals surface area (Å²) in [7, 11) is 2.49. The first-order valence-electron chi connectivity index (χ1n) is 3.01. The first-order valence-corrected chi connectivity index (χ1v) is 4.92. The van der Waals surface area contributed by atoms with Gasteiger partial charge in [0.05, 0.1) is 22.5 Å². The van der Waals surface area contributed by atoms with Gasteiger partial charge in [-0.15, -0.1) is 9.24 Å². The Hall–Kier alpha value is 1.04. The molecule has 1 aliphatic heterocycles. The second-order valence-electron chi connectivity index (χ2n) is 2.26. The van der Waals surface area contributed by atoms with E-state index in [1.807, 2.05) is 0 Å². The van der Waals surface area contributed by atoms with Crippen LogP contribution >= 0.6 is 31.8 Å². The number of hydrogen-bond acceptors (Lipinski definition) is 3. The average Bonchev–Trinajstić information content (AvgIpc) is 2.17. The summed E-state index contributed by atoms with van der Waals surface area (Å²) in [6.07, 6.45) is -0.933. The largest absolute Gasteiger partial charge is 0.394 e. The van der Waals surface area contributed by atoms with E-state index in [-0.39, 0.29) is 16.4 Å². The van der Waals surface area contributed by atoms with E-state index in [0.717, 1.165) is 0 Å². The molecule has 0 aliphatic carbocycles. The van der Waals surface area contributed by atoms with Crippen LogP contribution in [0.1, 0.15) is 0 Å². The monoisotopic (exact) mass is 276 g/mol. The maximum absolute atomic E-state index is 9.32. The van der Waals surface area contributed by atoms with Gasteiger partial charge in [-0.25, -0.2) is 0 Å². The lowest BCUT2D eigenvalue weighted by atomic mass is 10.2. The third-order valence-corrected chi connectivity index (χ3v) is 4.33. The third kappa shape index (κ3) is 1.61. The Morgan fingerprint density at radius 2 is 2.20 bits per heavy atom. The van der Waals surface area contributed by atoms with Gasteiger partial charge in [-0.2, -0.15) is 0 Å². The van der Waals surface area contributed by atoms with E-state index in [4.69, 9.17) is 9.84 Å². The third-order valence-electron chi connectivity index (χ3n) is 1.53. The van der Waals surface area contributed by atoms with Crippen molar-refractivity contribution in [3.8, 4) is 0 Å². The van der Waals surface area contributed by atoms with E-state index in [0.29, 0.717) is 0 Å². The Morgan fingerprint density at radius 3 is 2.40 bits per heavy atom. The van der Waals surface area contributed by atoms with E-state index < -0.39 is 12.2 Å². The molecule has 1 heterocycles. The number of aliphatic hydroxyl groups excluding tert-OH is 2. The number of hydrogen-bond donors (Lipinski definition) is 2. The van der Waals surface area contributed by atoms with Crippen LogP contribution in [0.15, 0.2) is 0 Å². The maximum atomic E-state index is 9.32. The molecule has 5 unspecified atom stereocenters. The van der Waals surface area contributed by atoms with Crippen LogP contribution in [-0.4, -0.2) is 38.8 Å². The maximum Gasteiger partial charge on any atom is 0.108 e. The molecular weight excluding hydrogens is 266 g/mol. The van der Waals surface area contributed by atoms with Gasteiger partial charge in [0.15, 0.2) is 0 Å². The van der Waals surface area contributed by atoms with Crippen LogP contribution in [-0.2, 0) is 4.74 Å². The fourth-order valence-corrected chi connectivity index (χ4v) is 1.97. The molecule has 1 fully saturated rings. The van der Waals surface area contributed by atoms with Crippen LogP contribution in [0.2, 0.25) is 0 Å². The zero-order valence-electron chi connectivity index (χ0n) is 5.27. The molecule has 3 nitrogen and oxygen atoms in total. The van der Waals surface area contributed by atoms with Crippen molar-refractivity contribution >= 4 is 31.8 Å². The SMILES string of the molecule is OCC1OC(P)C(I)C1O. The molecule has 1 saturated heterocycles. The molecule has 5 atom stereocenters. The Bertz CT molecular complexity index is 123. The van der Waals surface area contributed by atoms with Crippen molar-refractivity contribution in [1.82, 2.24) is 0 Å². The molecule has 0 aromatic rings. The minimum absolute atomic E-state index is 0.0345. The highest BCUT2D eigenvalue weighted by atomic mass is 127. The van der Waals surface area contributed by atoms with Gasteiger partial charge < -0.3 is 14.9 Å². The van der Waals surface area contributed by atoms with Crippen LogP contribution in [0.25, 0.3) is 0 Å². The molecule has 0 spiro atoms. The van der Waals surface area contributed by atoms with E-state index in [1.165, 1.54) is 0 Å². The predicted octanol–water partition coefficient (Wildman–Crippen LogP) is -0.257. The van der Waals surface area contributed by atoms with E-state index in [1.54, 1.807) is 0 Å². The Labute approximate surface area is 75.5 Å². The second kappa shape index (κ2) is 3.63. The predicted molar refractivity (Wildman–Crippen MR) is 49.3 cm³/mol. The molecule has 0 aromatic heterocycles. The normalized spacial score (nSPS) is 48.0. The van der Waals surface area contributed by atoms with Gasteiger partial charge in [0, 0.05) is 0 Å². The minimum atomic E-state index is -0.534. The first kappa shape index (κ1) is 9.13. The van der Waals surface area contributed by atoms with Crippen LogP contribution in [0.5, 0.6) is 0 Å². The van der Waals surface area contributed by atoms with Crippen molar-refractivity contribution < 1.29 is 14.9 Å². The highest BCUT2D eigenvalue weighted by Crippen LogP contribution is 2.30. The summed E-state index contributed by atoms with van der Waals surface area (Å²) in [5.74, 6) is -0.0345. The van der Waals surface area contributed by atoms with E-state index in [2.05, 4.69) is 31.8 Å². The fraction of sp³-hybridized carbons (Fsp3) is 1.00. The van der Waals surface area contributed by atoms with Crippen LogP contribution in [0, 0.1) is 0 Å². The molecule has 10 heavy (non-hydrogen) atoms. The number of rotatable bonds is 1. The Kier molecular flexibility index (Phi) is 3.31. The lowest BCUT2D eigenvalue weighted by Gasteiger charge is -2.09. The van der Waals surface area contributed by atoms with Crippen LogP contribution in [0.3, 0.4) is 0 Å². The Morgan fingerprint density at radius 1 is 1.60 bits per heavy atom. The lowest BCUT2D eigenvalue weighted by Crippen LogP contribution is -2.29. The summed E-state index contributed by atoms with van der Waals surface area (Å²) in [6, 6.07) is 0. The smallest absolute Gasteiger partial charge is 0.108 e. The number of aliphatic hydroxyl groups is 2. The van der Waals surface area contributed by atoms with Gasteiger partial charge in [-0.05, 0) is 0 Å². The summed E-state index contributed by atoms with van der Waals surface area (Å²) in [6.45, 7) is -0.106. The highest BCUT2D eigenvalue weighted by Gasteiger charge is 2.39. The van der Waals surface area contributed by atoms with Crippen molar-refractivity contribution in [3.63, 3.8) is 0 Å². The number of halogens is 1. The fourth-order valence-electron chi connectivity index (χ4n) is 0.908. The lowest BCUT2D eigenvalue weighted by molar-refractivity contribution is -0.00253. The van der Waals surface area contributed by atoms with Gasteiger partial charge in [0.25, 0.3) is 0 Å². The van der Waals surface area contributed by atoms with Crippen molar-refractivity contribution in [1.29, 1.82) is 0 Å². The van der Waals surface area contributed by atoms with Crippen molar-refractivity contribution in [2.24, 2.45) is 0 Å². The second-order valence-corrected chi connectivity index (χ2v) is 4.35. The highest BCUT2D eigenvalue weighted by molar-refractivity contribution is 14.1. The molecule has 60 valence electrons. The molecular formula is C5H10IO3P. The van der Waals surface area contributed by atoms with Gasteiger partial charge in [-0.3, -0.25) is 0 Å². The quantitative estimate of drug-likeness (QED) is 0.394. The molecule has 0 aromatic carbocycles. The zero-order valence-corrected chi connectivity index (χ0v) is 8.59. The summed E-state index contributed by atoms with van der Waals surface area (Å²) in [5, 5.41) is 18.0. The molecule has 0 radical (unpaired) electrons. The molecule has 0 saturated carbocycles. The summed E-state index contributed by atoms with van der Waals surface area (Å²) < 4.78 is 5.26. The molecule has 2 N–H and O–H groups in total. The van der Waals surface area contributed by atoms with Gasteiger partial charge >= 0.3 is 0 Å². The average molecular weight is 276 g/mol. The van der Waals surface area contributed by atoms with Gasteiger partial charge in [0.1, 0.15) is 6.10 Å². The van der Waals surface area contributed by atoms with Crippen molar-refractivity contribution in [3.05, 3.63) is 0 Å². The summed E-state index contributed by atoms with van der Waals surface area (Å²) in [5.41, 5.74) is 0. The van der Waals surface area contributed by atoms with Crippen LogP contribution in [0.4, 0.5) is 0 Å². The van der Waals surface area contributed by atoms with E-state index in [9.17, 15) is 5.11 Å².